The lowest BCUT2D eigenvalue weighted by atomic mass is 9.83. The first-order valence-electron chi connectivity index (χ1n) is 14.5. The zero-order valence-corrected chi connectivity index (χ0v) is 23.8. The van der Waals surface area contributed by atoms with E-state index in [2.05, 4.69) is 21.6 Å². The molecule has 11 heteroatoms. The monoisotopic (exact) mass is 575 g/mol. The minimum Gasteiger partial charge on any atom is -0.390 e. The van der Waals surface area contributed by atoms with Crippen molar-refractivity contribution in [2.24, 2.45) is 5.92 Å². The van der Waals surface area contributed by atoms with Gasteiger partial charge in [-0.3, -0.25) is 0 Å². The summed E-state index contributed by atoms with van der Waals surface area (Å²) in [5, 5.41) is 16.9. The maximum absolute atomic E-state index is 12.9. The molecular weight excluding hydrogens is 535 g/mol. The van der Waals surface area contributed by atoms with Gasteiger partial charge in [-0.15, -0.1) is 0 Å². The number of urea groups is 1. The average Bonchev–Trinajstić information content (AvgIpc) is 3.38. The first-order valence-corrected chi connectivity index (χ1v) is 14.5. The number of halogens is 3. The zero-order valence-electron chi connectivity index (χ0n) is 23.8. The maximum Gasteiger partial charge on any atom is 0.389 e. The number of rotatable bonds is 6. The lowest BCUT2D eigenvalue weighted by Gasteiger charge is -2.34. The highest BCUT2D eigenvalue weighted by atomic mass is 19.4. The second-order valence-electron chi connectivity index (χ2n) is 12.0. The molecule has 41 heavy (non-hydrogen) atoms. The van der Waals surface area contributed by atoms with E-state index in [9.17, 15) is 23.1 Å². The van der Waals surface area contributed by atoms with Gasteiger partial charge in [0.05, 0.1) is 18.8 Å². The van der Waals surface area contributed by atoms with Crippen molar-refractivity contribution in [3.63, 3.8) is 0 Å². The smallest absolute Gasteiger partial charge is 0.389 e. The number of morpholine rings is 1. The third-order valence-corrected chi connectivity index (χ3v) is 8.45. The highest BCUT2D eigenvalue weighted by molar-refractivity contribution is 5.91. The van der Waals surface area contributed by atoms with E-state index in [4.69, 9.17) is 9.72 Å². The van der Waals surface area contributed by atoms with Gasteiger partial charge >= 0.3 is 12.2 Å². The molecule has 3 N–H and O–H groups in total. The Morgan fingerprint density at radius 1 is 1.12 bits per heavy atom. The number of aryl methyl sites for hydroxylation is 1. The normalized spacial score (nSPS) is 25.3. The molecule has 1 atom stereocenters. The van der Waals surface area contributed by atoms with E-state index < -0.39 is 24.1 Å². The first kappa shape index (κ1) is 29.4. The van der Waals surface area contributed by atoms with Crippen LogP contribution >= 0.6 is 0 Å². The van der Waals surface area contributed by atoms with E-state index in [0.717, 1.165) is 67.1 Å². The molecule has 0 bridgehead atoms. The summed E-state index contributed by atoms with van der Waals surface area (Å²) in [6.07, 6.45) is -1.57. The molecule has 2 amide bonds. The van der Waals surface area contributed by atoms with E-state index >= 15 is 0 Å². The van der Waals surface area contributed by atoms with Crippen LogP contribution in [0.2, 0.25) is 0 Å². The molecular formula is C30H40F3N5O3. The summed E-state index contributed by atoms with van der Waals surface area (Å²) in [4.78, 5) is 21.5. The minimum atomic E-state index is -4.22. The molecule has 3 heterocycles. The van der Waals surface area contributed by atoms with Gasteiger partial charge in [0.2, 0.25) is 0 Å². The molecule has 224 valence electrons. The van der Waals surface area contributed by atoms with Crippen LogP contribution in [0.15, 0.2) is 30.3 Å². The van der Waals surface area contributed by atoms with Gasteiger partial charge in [0.1, 0.15) is 11.6 Å². The van der Waals surface area contributed by atoms with E-state index in [0.29, 0.717) is 31.9 Å². The number of hydrogen-bond acceptors (Lipinski definition) is 6. The Morgan fingerprint density at radius 3 is 2.56 bits per heavy atom. The fraction of sp³-hybridized carbons (Fsp3) is 0.600. The number of nitrogens with one attached hydrogen (secondary N) is 2. The Hall–Kier alpha value is -3.05. The highest BCUT2D eigenvalue weighted by Gasteiger charge is 2.36. The largest absolute Gasteiger partial charge is 0.390 e. The molecule has 0 spiro atoms. The molecule has 8 nitrogen and oxygen atoms in total. The SMILES string of the molecule is Cc1ccc(NC(=O)N2CC[C@@H](CC(F)(F)F)C2)cc1-c1cc(N[C@H]2CC[C@](C)(O)CC2)nc(N2CCOCC2)c1. The molecule has 1 saturated carbocycles. The van der Waals surface area contributed by atoms with E-state index in [1.54, 1.807) is 0 Å². The molecule has 2 saturated heterocycles. The average molecular weight is 576 g/mol. The molecule has 0 unspecified atom stereocenters. The highest BCUT2D eigenvalue weighted by Crippen LogP contribution is 2.35. The molecule has 1 aromatic heterocycles. The van der Waals surface area contributed by atoms with Crippen LogP contribution in [-0.2, 0) is 4.74 Å². The quantitative estimate of drug-likeness (QED) is 0.403. The number of likely N-dealkylation sites (tertiary alicyclic amines) is 1. The molecule has 3 aliphatic rings. The van der Waals surface area contributed by atoms with Crippen LogP contribution in [0.1, 0.15) is 51.0 Å². The summed E-state index contributed by atoms with van der Waals surface area (Å²) >= 11 is 0. The molecule has 0 radical (unpaired) electrons. The molecule has 1 aromatic carbocycles. The lowest BCUT2D eigenvalue weighted by Crippen LogP contribution is -2.37. The summed E-state index contributed by atoms with van der Waals surface area (Å²) < 4.78 is 44.0. The number of hydrogen-bond donors (Lipinski definition) is 3. The minimum absolute atomic E-state index is 0.100. The van der Waals surface area contributed by atoms with Crippen molar-refractivity contribution in [1.29, 1.82) is 0 Å². The molecule has 2 aromatic rings. The standard InChI is InChI=1S/C30H40F3N5O3/c1-20-3-4-24(35-28(39)38-10-7-21(19-38)18-30(31,32)33)17-25(20)22-15-26(34-23-5-8-29(2,40)9-6-23)36-27(16-22)37-11-13-41-14-12-37/h3-4,15-17,21,23,40H,5-14,18-19H2,1-2H3,(H,34,36)(H,35,39)/t21-,23-,29-/m0/s1. The number of ether oxygens (including phenoxy) is 1. The van der Waals surface area contributed by atoms with Gasteiger partial charge in [-0.2, -0.15) is 13.2 Å². The van der Waals surface area contributed by atoms with E-state index in [-0.39, 0.29) is 18.6 Å². The third kappa shape index (κ3) is 7.82. The summed E-state index contributed by atoms with van der Waals surface area (Å²) in [7, 11) is 0. The summed E-state index contributed by atoms with van der Waals surface area (Å²) in [5.74, 6) is 1.04. The van der Waals surface area contributed by atoms with Crippen LogP contribution in [-0.4, -0.2) is 78.2 Å². The van der Waals surface area contributed by atoms with E-state index in [1.165, 1.54) is 4.90 Å². The van der Waals surface area contributed by atoms with Crippen LogP contribution in [0, 0.1) is 12.8 Å². The fourth-order valence-corrected chi connectivity index (χ4v) is 6.02. The van der Waals surface area contributed by atoms with Gasteiger partial charge in [0.15, 0.2) is 0 Å². The van der Waals surface area contributed by atoms with Gasteiger partial charge in [-0.05, 0) is 92.8 Å². The zero-order chi connectivity index (χ0) is 29.2. The summed E-state index contributed by atoms with van der Waals surface area (Å²) in [5.41, 5.74) is 2.87. The Labute approximate surface area is 239 Å². The summed E-state index contributed by atoms with van der Waals surface area (Å²) in [6, 6.07) is 9.57. The van der Waals surface area contributed by atoms with Gasteiger partial charge in [0, 0.05) is 44.3 Å². The van der Waals surface area contributed by atoms with Crippen molar-refractivity contribution in [3.05, 3.63) is 35.9 Å². The number of anilines is 3. The second-order valence-corrected chi connectivity index (χ2v) is 12.0. The molecule has 3 fully saturated rings. The number of aliphatic hydroxyl groups is 1. The van der Waals surface area contributed by atoms with Crippen molar-refractivity contribution in [2.75, 3.05) is 54.9 Å². The predicted molar refractivity (Wildman–Crippen MR) is 153 cm³/mol. The Balaban J connectivity index is 1.36. The van der Waals surface area contributed by atoms with Gasteiger partial charge in [0.25, 0.3) is 0 Å². The summed E-state index contributed by atoms with van der Waals surface area (Å²) in [6.45, 7) is 7.05. The van der Waals surface area contributed by atoms with Crippen molar-refractivity contribution < 1.29 is 27.8 Å². The lowest BCUT2D eigenvalue weighted by molar-refractivity contribution is -0.143. The number of benzene rings is 1. The van der Waals surface area contributed by atoms with Crippen molar-refractivity contribution in [3.8, 4) is 11.1 Å². The maximum atomic E-state index is 12.9. The van der Waals surface area contributed by atoms with Crippen LogP contribution in [0.25, 0.3) is 11.1 Å². The first-order chi connectivity index (χ1) is 19.4. The van der Waals surface area contributed by atoms with Crippen molar-refractivity contribution >= 4 is 23.4 Å². The number of nitrogens with zero attached hydrogens (tertiary/aromatic N) is 3. The van der Waals surface area contributed by atoms with Crippen molar-refractivity contribution in [2.45, 2.75) is 70.2 Å². The second kappa shape index (κ2) is 12.1. The number of carbonyl (C=O) groups excluding carboxylic acids is 1. The number of carbonyl (C=O) groups is 1. The Kier molecular flexibility index (Phi) is 8.65. The Morgan fingerprint density at radius 2 is 1.85 bits per heavy atom. The van der Waals surface area contributed by atoms with Gasteiger partial charge < -0.3 is 30.3 Å². The van der Waals surface area contributed by atoms with Crippen LogP contribution in [0.3, 0.4) is 0 Å². The van der Waals surface area contributed by atoms with Crippen LogP contribution in [0.5, 0.6) is 0 Å². The van der Waals surface area contributed by atoms with Crippen LogP contribution in [0.4, 0.5) is 35.3 Å². The number of amides is 2. The van der Waals surface area contributed by atoms with E-state index in [1.807, 2.05) is 38.1 Å². The number of alkyl halides is 3. The van der Waals surface area contributed by atoms with Gasteiger partial charge in [-0.1, -0.05) is 6.07 Å². The predicted octanol–water partition coefficient (Wildman–Crippen LogP) is 5.81. The Bertz CT molecular complexity index is 1220. The fourth-order valence-electron chi connectivity index (χ4n) is 6.02. The number of aromatic nitrogens is 1. The number of pyridine rings is 1. The topological polar surface area (TPSA) is 90.0 Å². The molecule has 5 rings (SSSR count). The van der Waals surface area contributed by atoms with Crippen molar-refractivity contribution in [1.82, 2.24) is 9.88 Å². The third-order valence-electron chi connectivity index (χ3n) is 8.45. The van der Waals surface area contributed by atoms with Gasteiger partial charge in [-0.25, -0.2) is 9.78 Å². The molecule has 2 aliphatic heterocycles. The molecule has 1 aliphatic carbocycles. The van der Waals surface area contributed by atoms with Crippen LogP contribution < -0.4 is 15.5 Å².